The van der Waals surface area contributed by atoms with Crippen molar-refractivity contribution >= 4 is 43.5 Å². The van der Waals surface area contributed by atoms with Gasteiger partial charge in [-0.2, -0.15) is 0 Å². The lowest BCUT2D eigenvalue weighted by Crippen LogP contribution is -2.53. The molecular weight excluding hydrogens is 642 g/mol. The second-order valence-corrected chi connectivity index (χ2v) is 13.0. The highest BCUT2D eigenvalue weighted by atomic mass is 79.9. The first kappa shape index (κ1) is 32.8. The zero-order chi connectivity index (χ0) is 31.7. The second kappa shape index (κ2) is 15.0. The summed E-state index contributed by atoms with van der Waals surface area (Å²) >= 11 is 3.44. The Morgan fingerprint density at radius 1 is 0.864 bits per heavy atom. The van der Waals surface area contributed by atoms with Gasteiger partial charge in [0.05, 0.1) is 17.2 Å². The number of carbonyl (C=O) groups is 2. The number of hydrogen-bond donors (Lipinski definition) is 1. The zero-order valence-electron chi connectivity index (χ0n) is 24.9. The smallest absolute Gasteiger partial charge is 0.264 e. The maximum absolute atomic E-state index is 14.3. The number of rotatable bonds is 13. The normalized spacial score (nSPS) is 11.8. The topological polar surface area (TPSA) is 96.0 Å². The molecule has 0 unspecified atom stereocenters. The van der Waals surface area contributed by atoms with Gasteiger partial charge in [-0.15, -0.1) is 0 Å². The Hall–Kier alpha value is -4.15. The SMILES string of the molecule is CCOc1ccc(S(=O)(=O)N(CC(=O)N(Cc2ccc(Br)cc2)[C@@H](Cc2ccccc2)C(=O)NC)c2ccc(C)cc2)cc1. The van der Waals surface area contributed by atoms with E-state index in [1.54, 1.807) is 36.4 Å². The van der Waals surface area contributed by atoms with Crippen LogP contribution in [0.2, 0.25) is 0 Å². The van der Waals surface area contributed by atoms with Crippen molar-refractivity contribution in [2.24, 2.45) is 0 Å². The number of ether oxygens (including phenoxy) is 1. The number of halogens is 1. The van der Waals surface area contributed by atoms with Crippen LogP contribution in [-0.2, 0) is 32.6 Å². The van der Waals surface area contributed by atoms with E-state index >= 15 is 0 Å². The van der Waals surface area contributed by atoms with E-state index in [4.69, 9.17) is 4.74 Å². The molecule has 0 saturated carbocycles. The molecule has 230 valence electrons. The van der Waals surface area contributed by atoms with Gasteiger partial charge in [0, 0.05) is 24.5 Å². The summed E-state index contributed by atoms with van der Waals surface area (Å²) in [5.74, 6) is -0.331. The third-order valence-corrected chi connectivity index (χ3v) is 9.42. The molecule has 0 radical (unpaired) electrons. The van der Waals surface area contributed by atoms with Crippen molar-refractivity contribution in [1.29, 1.82) is 0 Å². The van der Waals surface area contributed by atoms with E-state index < -0.39 is 28.5 Å². The zero-order valence-corrected chi connectivity index (χ0v) is 27.3. The van der Waals surface area contributed by atoms with Gasteiger partial charge in [0.2, 0.25) is 11.8 Å². The molecule has 0 aliphatic heterocycles. The Labute approximate surface area is 267 Å². The first-order valence-electron chi connectivity index (χ1n) is 14.2. The molecule has 0 aromatic heterocycles. The fourth-order valence-corrected chi connectivity index (χ4v) is 6.43. The molecule has 0 aliphatic rings. The molecular formula is C34H36BrN3O5S. The molecule has 2 amide bonds. The lowest BCUT2D eigenvalue weighted by atomic mass is 10.0. The standard InChI is InChI=1S/C34H36BrN3O5S/c1-4-43-30-18-20-31(21-19-30)44(41,42)38(29-16-10-25(2)11-17-29)24-33(39)37(23-27-12-14-28(35)15-13-27)32(34(40)36-3)22-26-8-6-5-7-9-26/h5-21,32H,4,22-24H2,1-3H3,(H,36,40)/t32-/m0/s1. The molecule has 0 heterocycles. The number of aryl methyl sites for hydroxylation is 1. The number of nitrogens with one attached hydrogen (secondary N) is 1. The molecule has 44 heavy (non-hydrogen) atoms. The van der Waals surface area contributed by atoms with Crippen molar-refractivity contribution in [3.8, 4) is 5.75 Å². The van der Waals surface area contributed by atoms with Gasteiger partial charge in [0.25, 0.3) is 10.0 Å². The molecule has 0 bridgehead atoms. The average Bonchev–Trinajstić information content (AvgIpc) is 3.03. The fraction of sp³-hybridized carbons (Fsp3) is 0.235. The van der Waals surface area contributed by atoms with E-state index in [0.717, 1.165) is 25.5 Å². The highest BCUT2D eigenvalue weighted by Crippen LogP contribution is 2.27. The molecule has 1 N–H and O–H groups in total. The molecule has 0 saturated heterocycles. The van der Waals surface area contributed by atoms with Gasteiger partial charge < -0.3 is 15.0 Å². The number of benzene rings is 4. The first-order valence-corrected chi connectivity index (χ1v) is 16.5. The highest BCUT2D eigenvalue weighted by Gasteiger charge is 2.34. The number of sulfonamides is 1. The minimum absolute atomic E-state index is 0.0147. The number of likely N-dealkylation sites (N-methyl/N-ethyl adjacent to an activating group) is 1. The Morgan fingerprint density at radius 2 is 1.50 bits per heavy atom. The predicted molar refractivity (Wildman–Crippen MR) is 176 cm³/mol. The minimum atomic E-state index is -4.19. The molecule has 0 aliphatic carbocycles. The molecule has 4 aromatic carbocycles. The third-order valence-electron chi connectivity index (χ3n) is 7.11. The number of hydrogen-bond acceptors (Lipinski definition) is 5. The molecule has 4 rings (SSSR count). The Kier molecular flexibility index (Phi) is 11.2. The monoisotopic (exact) mass is 677 g/mol. The van der Waals surface area contributed by atoms with Crippen molar-refractivity contribution in [2.75, 3.05) is 24.5 Å². The quantitative estimate of drug-likeness (QED) is 0.195. The van der Waals surface area contributed by atoms with E-state index in [9.17, 15) is 18.0 Å². The van der Waals surface area contributed by atoms with Crippen molar-refractivity contribution < 1.29 is 22.7 Å². The summed E-state index contributed by atoms with van der Waals surface area (Å²) in [5, 5.41) is 2.69. The lowest BCUT2D eigenvalue weighted by Gasteiger charge is -2.33. The maximum Gasteiger partial charge on any atom is 0.264 e. The van der Waals surface area contributed by atoms with Gasteiger partial charge in [0.1, 0.15) is 18.3 Å². The van der Waals surface area contributed by atoms with E-state index in [1.165, 1.54) is 24.1 Å². The van der Waals surface area contributed by atoms with Crippen molar-refractivity contribution in [2.45, 2.75) is 37.8 Å². The first-order chi connectivity index (χ1) is 21.1. The average molecular weight is 679 g/mol. The van der Waals surface area contributed by atoms with Crippen LogP contribution < -0.4 is 14.4 Å². The van der Waals surface area contributed by atoms with Crippen LogP contribution in [0.15, 0.2) is 112 Å². The number of amides is 2. The van der Waals surface area contributed by atoms with Crippen molar-refractivity contribution in [3.63, 3.8) is 0 Å². The fourth-order valence-electron chi connectivity index (χ4n) is 4.75. The van der Waals surface area contributed by atoms with Crippen LogP contribution in [-0.4, -0.2) is 51.4 Å². The van der Waals surface area contributed by atoms with Crippen LogP contribution in [0.3, 0.4) is 0 Å². The third kappa shape index (κ3) is 8.27. The van der Waals surface area contributed by atoms with Crippen LogP contribution in [0.5, 0.6) is 5.75 Å². The van der Waals surface area contributed by atoms with Crippen LogP contribution >= 0.6 is 15.9 Å². The summed E-state index contributed by atoms with van der Waals surface area (Å²) in [5.41, 5.74) is 2.94. The summed E-state index contributed by atoms with van der Waals surface area (Å²) in [6.07, 6.45) is 0.249. The molecule has 8 nitrogen and oxygen atoms in total. The van der Waals surface area contributed by atoms with E-state index in [0.29, 0.717) is 18.0 Å². The van der Waals surface area contributed by atoms with Crippen LogP contribution in [0.4, 0.5) is 5.69 Å². The Morgan fingerprint density at radius 3 is 2.09 bits per heavy atom. The molecule has 0 spiro atoms. The van der Waals surface area contributed by atoms with Gasteiger partial charge in [-0.05, 0) is 73.5 Å². The number of anilines is 1. The van der Waals surface area contributed by atoms with Gasteiger partial charge in [-0.3, -0.25) is 13.9 Å². The summed E-state index contributed by atoms with van der Waals surface area (Å²) in [6, 6.07) is 29.0. The molecule has 4 aromatic rings. The molecule has 0 fully saturated rings. The molecule has 10 heteroatoms. The van der Waals surface area contributed by atoms with Gasteiger partial charge in [-0.1, -0.05) is 76.1 Å². The highest BCUT2D eigenvalue weighted by molar-refractivity contribution is 9.10. The van der Waals surface area contributed by atoms with Crippen LogP contribution in [0, 0.1) is 6.92 Å². The molecule has 1 atom stereocenters. The summed E-state index contributed by atoms with van der Waals surface area (Å²) in [7, 11) is -2.67. The summed E-state index contributed by atoms with van der Waals surface area (Å²) < 4.78 is 35.7. The van der Waals surface area contributed by atoms with Crippen LogP contribution in [0.25, 0.3) is 0 Å². The van der Waals surface area contributed by atoms with Gasteiger partial charge in [-0.25, -0.2) is 8.42 Å². The van der Waals surface area contributed by atoms with E-state index in [1.807, 2.05) is 68.4 Å². The maximum atomic E-state index is 14.3. The summed E-state index contributed by atoms with van der Waals surface area (Å²) in [4.78, 5) is 29.2. The van der Waals surface area contributed by atoms with Crippen molar-refractivity contribution in [1.82, 2.24) is 10.2 Å². The van der Waals surface area contributed by atoms with Crippen LogP contribution in [0.1, 0.15) is 23.6 Å². The Balaban J connectivity index is 1.76. The van der Waals surface area contributed by atoms with Gasteiger partial charge >= 0.3 is 0 Å². The summed E-state index contributed by atoms with van der Waals surface area (Å²) in [6.45, 7) is 3.77. The van der Waals surface area contributed by atoms with E-state index in [-0.39, 0.29) is 23.8 Å². The minimum Gasteiger partial charge on any atom is -0.494 e. The second-order valence-electron chi connectivity index (χ2n) is 10.2. The lowest BCUT2D eigenvalue weighted by molar-refractivity contribution is -0.139. The predicted octanol–water partition coefficient (Wildman–Crippen LogP) is 5.74. The largest absolute Gasteiger partial charge is 0.494 e. The van der Waals surface area contributed by atoms with Gasteiger partial charge in [0.15, 0.2) is 0 Å². The van der Waals surface area contributed by atoms with Crippen molar-refractivity contribution in [3.05, 3.63) is 124 Å². The Bertz CT molecular complexity index is 1650. The number of nitrogens with zero attached hydrogens (tertiary/aromatic N) is 2. The van der Waals surface area contributed by atoms with E-state index in [2.05, 4.69) is 21.2 Å². The number of carbonyl (C=O) groups excluding carboxylic acids is 2.